The molecule has 0 aliphatic heterocycles. The van der Waals surface area contributed by atoms with Gasteiger partial charge in [0.2, 0.25) is 17.8 Å². The SMILES string of the molecule is CCCc1nc(N)nc(NC(=O)C(C)(C)C)n1. The minimum absolute atomic E-state index is 0.132. The summed E-state index contributed by atoms with van der Waals surface area (Å²) in [6, 6.07) is 0. The first-order chi connectivity index (χ1) is 7.82. The maximum Gasteiger partial charge on any atom is 0.234 e. The van der Waals surface area contributed by atoms with E-state index in [0.29, 0.717) is 12.2 Å². The van der Waals surface area contributed by atoms with Gasteiger partial charge in [-0.2, -0.15) is 15.0 Å². The molecule has 6 nitrogen and oxygen atoms in total. The van der Waals surface area contributed by atoms with Crippen LogP contribution < -0.4 is 11.1 Å². The third-order valence-corrected chi connectivity index (χ3v) is 2.08. The predicted octanol–water partition coefficient (Wildman–Crippen LogP) is 1.39. The van der Waals surface area contributed by atoms with Crippen LogP contribution >= 0.6 is 0 Å². The van der Waals surface area contributed by atoms with Gasteiger partial charge in [0, 0.05) is 11.8 Å². The summed E-state index contributed by atoms with van der Waals surface area (Å²) in [7, 11) is 0. The van der Waals surface area contributed by atoms with Gasteiger partial charge >= 0.3 is 0 Å². The zero-order chi connectivity index (χ0) is 13.1. The first-order valence-corrected chi connectivity index (χ1v) is 5.65. The van der Waals surface area contributed by atoms with Crippen LogP contribution in [0.15, 0.2) is 0 Å². The summed E-state index contributed by atoms with van der Waals surface area (Å²) in [5, 5.41) is 2.64. The average Bonchev–Trinajstić information content (AvgIpc) is 2.15. The maximum absolute atomic E-state index is 11.8. The van der Waals surface area contributed by atoms with Gasteiger partial charge in [0.15, 0.2) is 0 Å². The summed E-state index contributed by atoms with van der Waals surface area (Å²) < 4.78 is 0. The summed E-state index contributed by atoms with van der Waals surface area (Å²) in [5.41, 5.74) is 5.07. The number of nitrogens with zero attached hydrogens (tertiary/aromatic N) is 3. The van der Waals surface area contributed by atoms with Crippen molar-refractivity contribution in [1.82, 2.24) is 15.0 Å². The number of aryl methyl sites for hydroxylation is 1. The average molecular weight is 237 g/mol. The van der Waals surface area contributed by atoms with E-state index in [4.69, 9.17) is 5.73 Å². The Bertz CT molecular complexity index is 411. The highest BCUT2D eigenvalue weighted by atomic mass is 16.2. The summed E-state index contributed by atoms with van der Waals surface area (Å²) in [6.07, 6.45) is 1.63. The Kier molecular flexibility index (Phi) is 3.98. The molecule has 1 amide bonds. The molecule has 1 aromatic heterocycles. The van der Waals surface area contributed by atoms with E-state index < -0.39 is 5.41 Å². The standard InChI is InChI=1S/C11H19N5O/c1-5-6-7-13-9(12)16-10(14-7)15-8(17)11(2,3)4/h5-6H2,1-4H3,(H3,12,13,14,15,16,17). The van der Waals surface area contributed by atoms with Crippen LogP contribution in [0.25, 0.3) is 0 Å². The molecular formula is C11H19N5O. The number of nitrogens with two attached hydrogens (primary N) is 1. The van der Waals surface area contributed by atoms with Crippen molar-refractivity contribution in [2.75, 3.05) is 11.1 Å². The second kappa shape index (κ2) is 5.07. The molecule has 94 valence electrons. The van der Waals surface area contributed by atoms with Crippen LogP contribution in [0.5, 0.6) is 0 Å². The number of hydrogen-bond donors (Lipinski definition) is 2. The highest BCUT2D eigenvalue weighted by molar-refractivity contribution is 5.93. The van der Waals surface area contributed by atoms with E-state index in [9.17, 15) is 4.79 Å². The summed E-state index contributed by atoms with van der Waals surface area (Å²) in [6.45, 7) is 7.48. The van der Waals surface area contributed by atoms with Crippen LogP contribution in [0.2, 0.25) is 0 Å². The molecule has 0 saturated carbocycles. The van der Waals surface area contributed by atoms with Crippen molar-refractivity contribution < 1.29 is 4.79 Å². The molecule has 17 heavy (non-hydrogen) atoms. The van der Waals surface area contributed by atoms with E-state index in [0.717, 1.165) is 6.42 Å². The van der Waals surface area contributed by atoms with Crippen molar-refractivity contribution in [2.45, 2.75) is 40.5 Å². The Labute approximate surface area is 101 Å². The lowest BCUT2D eigenvalue weighted by atomic mass is 9.96. The van der Waals surface area contributed by atoms with E-state index in [1.165, 1.54) is 0 Å². The number of nitrogens with one attached hydrogen (secondary N) is 1. The Morgan fingerprint density at radius 1 is 1.29 bits per heavy atom. The van der Waals surface area contributed by atoms with Gasteiger partial charge in [-0.1, -0.05) is 27.7 Å². The number of amides is 1. The highest BCUT2D eigenvalue weighted by Gasteiger charge is 2.22. The number of aromatic nitrogens is 3. The van der Waals surface area contributed by atoms with Crippen LogP contribution in [-0.2, 0) is 11.2 Å². The fourth-order valence-electron chi connectivity index (χ4n) is 1.12. The summed E-state index contributed by atoms with van der Waals surface area (Å²) in [5.74, 6) is 0.809. The number of hydrogen-bond acceptors (Lipinski definition) is 5. The van der Waals surface area contributed by atoms with Gasteiger partial charge in [-0.25, -0.2) is 0 Å². The van der Waals surface area contributed by atoms with Gasteiger partial charge in [-0.15, -0.1) is 0 Å². The van der Waals surface area contributed by atoms with E-state index in [1.54, 1.807) is 0 Å². The molecule has 1 heterocycles. The summed E-state index contributed by atoms with van der Waals surface area (Å²) in [4.78, 5) is 23.8. The Balaban J connectivity index is 2.88. The van der Waals surface area contributed by atoms with E-state index in [1.807, 2.05) is 27.7 Å². The molecule has 0 saturated heterocycles. The molecular weight excluding hydrogens is 218 g/mol. The van der Waals surface area contributed by atoms with E-state index in [-0.39, 0.29) is 17.8 Å². The van der Waals surface area contributed by atoms with Crippen LogP contribution in [-0.4, -0.2) is 20.9 Å². The minimum Gasteiger partial charge on any atom is -0.368 e. The van der Waals surface area contributed by atoms with Crippen molar-refractivity contribution in [3.8, 4) is 0 Å². The van der Waals surface area contributed by atoms with Crippen LogP contribution in [0, 0.1) is 5.41 Å². The molecule has 0 aliphatic rings. The van der Waals surface area contributed by atoms with E-state index in [2.05, 4.69) is 20.3 Å². The van der Waals surface area contributed by atoms with Crippen LogP contribution in [0.4, 0.5) is 11.9 Å². The zero-order valence-corrected chi connectivity index (χ0v) is 10.7. The topological polar surface area (TPSA) is 93.8 Å². The van der Waals surface area contributed by atoms with Gasteiger partial charge < -0.3 is 5.73 Å². The fraction of sp³-hybridized carbons (Fsp3) is 0.636. The monoisotopic (exact) mass is 237 g/mol. The largest absolute Gasteiger partial charge is 0.368 e. The molecule has 3 N–H and O–H groups in total. The van der Waals surface area contributed by atoms with Crippen LogP contribution in [0.3, 0.4) is 0 Å². The number of rotatable bonds is 3. The predicted molar refractivity (Wildman–Crippen MR) is 66.3 cm³/mol. The number of anilines is 2. The Morgan fingerprint density at radius 3 is 2.47 bits per heavy atom. The quantitative estimate of drug-likeness (QED) is 0.828. The molecule has 0 bridgehead atoms. The van der Waals surface area contributed by atoms with Gasteiger partial charge in [0.1, 0.15) is 5.82 Å². The molecule has 0 unspecified atom stereocenters. The lowest BCUT2D eigenvalue weighted by Crippen LogP contribution is -2.29. The third-order valence-electron chi connectivity index (χ3n) is 2.08. The fourth-order valence-corrected chi connectivity index (χ4v) is 1.12. The Morgan fingerprint density at radius 2 is 1.94 bits per heavy atom. The molecule has 1 aromatic rings. The number of carbonyl (C=O) groups excluding carboxylic acids is 1. The molecule has 0 aromatic carbocycles. The molecule has 0 aliphatic carbocycles. The van der Waals surface area contributed by atoms with Crippen molar-refractivity contribution in [1.29, 1.82) is 0 Å². The third kappa shape index (κ3) is 3.97. The molecule has 1 rings (SSSR count). The van der Waals surface area contributed by atoms with Crippen LogP contribution in [0.1, 0.15) is 39.9 Å². The van der Waals surface area contributed by atoms with Gasteiger partial charge in [0.05, 0.1) is 0 Å². The van der Waals surface area contributed by atoms with E-state index >= 15 is 0 Å². The van der Waals surface area contributed by atoms with Gasteiger partial charge in [-0.3, -0.25) is 10.1 Å². The molecule has 0 radical (unpaired) electrons. The number of carbonyl (C=O) groups is 1. The maximum atomic E-state index is 11.8. The van der Waals surface area contributed by atoms with Crippen molar-refractivity contribution in [2.24, 2.45) is 5.41 Å². The lowest BCUT2D eigenvalue weighted by Gasteiger charge is -2.16. The molecule has 6 heteroatoms. The van der Waals surface area contributed by atoms with Crippen molar-refractivity contribution in [3.63, 3.8) is 0 Å². The minimum atomic E-state index is -0.494. The van der Waals surface area contributed by atoms with Gasteiger partial charge in [0.25, 0.3) is 0 Å². The zero-order valence-electron chi connectivity index (χ0n) is 10.7. The first-order valence-electron chi connectivity index (χ1n) is 5.65. The lowest BCUT2D eigenvalue weighted by molar-refractivity contribution is -0.123. The van der Waals surface area contributed by atoms with Crippen molar-refractivity contribution in [3.05, 3.63) is 5.82 Å². The second-order valence-electron chi connectivity index (χ2n) is 4.89. The van der Waals surface area contributed by atoms with Gasteiger partial charge in [-0.05, 0) is 6.42 Å². The molecule has 0 spiro atoms. The Hall–Kier alpha value is -1.72. The highest BCUT2D eigenvalue weighted by Crippen LogP contribution is 2.15. The first kappa shape index (κ1) is 13.3. The molecule has 0 fully saturated rings. The second-order valence-corrected chi connectivity index (χ2v) is 4.89. The van der Waals surface area contributed by atoms with Crippen molar-refractivity contribution >= 4 is 17.8 Å². The normalized spacial score (nSPS) is 11.3. The summed E-state index contributed by atoms with van der Waals surface area (Å²) >= 11 is 0. The number of nitrogen functional groups attached to an aromatic ring is 1. The smallest absolute Gasteiger partial charge is 0.234 e. The molecule has 0 atom stereocenters.